The summed E-state index contributed by atoms with van der Waals surface area (Å²) in [6, 6.07) is 6.36. The zero-order chi connectivity index (χ0) is 13.1. The van der Waals surface area contributed by atoms with Crippen LogP contribution in [-0.4, -0.2) is 37.5 Å². The molecule has 4 nitrogen and oxygen atoms in total. The number of carbonyl (C=O) groups excluding carboxylic acids is 1. The van der Waals surface area contributed by atoms with Gasteiger partial charge in [-0.15, -0.1) is 0 Å². The molecule has 1 aromatic carbocycles. The average Bonchev–Trinajstić information content (AvgIpc) is 2.52. The number of rotatable bonds is 1. The molecule has 0 N–H and O–H groups in total. The molecule has 0 saturated carbocycles. The lowest BCUT2D eigenvalue weighted by Gasteiger charge is -2.23. The summed E-state index contributed by atoms with van der Waals surface area (Å²) >= 11 is 0. The number of hydrogen-bond donors (Lipinski definition) is 0. The summed E-state index contributed by atoms with van der Waals surface area (Å²) in [5.74, 6) is -0.555. The van der Waals surface area contributed by atoms with Crippen molar-refractivity contribution in [3.8, 4) is 6.07 Å². The van der Waals surface area contributed by atoms with Gasteiger partial charge >= 0.3 is 0 Å². The van der Waals surface area contributed by atoms with Gasteiger partial charge in [0.15, 0.2) is 0 Å². The van der Waals surface area contributed by atoms with E-state index in [1.165, 1.54) is 6.07 Å². The van der Waals surface area contributed by atoms with Crippen LogP contribution in [0.3, 0.4) is 0 Å². The van der Waals surface area contributed by atoms with Crippen LogP contribution in [0.25, 0.3) is 0 Å². The second-order valence-corrected chi connectivity index (χ2v) is 4.34. The highest BCUT2D eigenvalue weighted by atomic mass is 19.1. The molecule has 0 atom stereocenters. The summed E-state index contributed by atoms with van der Waals surface area (Å²) in [5.41, 5.74) is 0.510. The number of anilines is 1. The van der Waals surface area contributed by atoms with Gasteiger partial charge in [0.05, 0.1) is 12.2 Å². The molecule has 1 heterocycles. The second kappa shape index (κ2) is 5.05. The van der Waals surface area contributed by atoms with Crippen LogP contribution in [0.5, 0.6) is 0 Å². The number of nitrogens with zero attached hydrogens (tertiary/aromatic N) is 3. The monoisotopic (exact) mass is 247 g/mol. The Morgan fingerprint density at radius 2 is 2.17 bits per heavy atom. The van der Waals surface area contributed by atoms with Crippen molar-refractivity contribution in [2.45, 2.75) is 6.42 Å². The number of halogens is 1. The third-order valence-corrected chi connectivity index (χ3v) is 3.12. The minimum Gasteiger partial charge on any atom is -0.361 e. The van der Waals surface area contributed by atoms with E-state index in [0.717, 1.165) is 6.42 Å². The molecule has 18 heavy (non-hydrogen) atoms. The molecule has 5 heteroatoms. The maximum atomic E-state index is 13.5. The van der Waals surface area contributed by atoms with Gasteiger partial charge in [-0.2, -0.15) is 5.26 Å². The molecule has 1 fully saturated rings. The fourth-order valence-corrected chi connectivity index (χ4v) is 2.08. The van der Waals surface area contributed by atoms with Crippen molar-refractivity contribution >= 4 is 11.6 Å². The molecule has 94 valence electrons. The summed E-state index contributed by atoms with van der Waals surface area (Å²) in [6.45, 7) is 1.52. The van der Waals surface area contributed by atoms with Gasteiger partial charge in [-0.05, 0) is 18.6 Å². The standard InChI is InChI=1S/C13H14FN3O/c1-16-6-3-7-17(9-13(16)18)12-5-2-4-11(14)10(12)8-15/h2,4-5H,3,6-7,9H2,1H3. The van der Waals surface area contributed by atoms with Gasteiger partial charge in [-0.25, -0.2) is 4.39 Å². The van der Waals surface area contributed by atoms with Crippen LogP contribution in [0.2, 0.25) is 0 Å². The van der Waals surface area contributed by atoms with Gasteiger partial charge < -0.3 is 9.80 Å². The molecular formula is C13H14FN3O. The highest BCUT2D eigenvalue weighted by Crippen LogP contribution is 2.23. The zero-order valence-corrected chi connectivity index (χ0v) is 10.2. The van der Waals surface area contributed by atoms with Gasteiger partial charge in [0, 0.05) is 20.1 Å². The average molecular weight is 247 g/mol. The molecule has 0 radical (unpaired) electrons. The zero-order valence-electron chi connectivity index (χ0n) is 10.2. The highest BCUT2D eigenvalue weighted by Gasteiger charge is 2.22. The van der Waals surface area contributed by atoms with E-state index in [1.54, 1.807) is 29.0 Å². The maximum absolute atomic E-state index is 13.5. The summed E-state index contributed by atoms with van der Waals surface area (Å²) in [6.07, 6.45) is 0.809. The largest absolute Gasteiger partial charge is 0.361 e. The van der Waals surface area contributed by atoms with Crippen molar-refractivity contribution in [1.82, 2.24) is 4.90 Å². The number of carbonyl (C=O) groups is 1. The SMILES string of the molecule is CN1CCCN(c2cccc(F)c2C#N)CC1=O. The smallest absolute Gasteiger partial charge is 0.241 e. The van der Waals surface area contributed by atoms with E-state index < -0.39 is 5.82 Å². The van der Waals surface area contributed by atoms with Gasteiger partial charge in [0.2, 0.25) is 5.91 Å². The second-order valence-electron chi connectivity index (χ2n) is 4.34. The molecule has 0 bridgehead atoms. The van der Waals surface area contributed by atoms with Crippen molar-refractivity contribution < 1.29 is 9.18 Å². The number of benzene rings is 1. The van der Waals surface area contributed by atoms with E-state index in [0.29, 0.717) is 18.8 Å². The summed E-state index contributed by atoms with van der Waals surface area (Å²) in [5, 5.41) is 9.01. The molecule has 0 aromatic heterocycles. The third kappa shape index (κ3) is 2.28. The normalized spacial score (nSPS) is 16.4. The Bertz CT molecular complexity index is 509. The molecule has 0 spiro atoms. The Kier molecular flexibility index (Phi) is 3.47. The Hall–Kier alpha value is -2.09. The van der Waals surface area contributed by atoms with Crippen LogP contribution >= 0.6 is 0 Å². The van der Waals surface area contributed by atoms with Crippen LogP contribution in [0.4, 0.5) is 10.1 Å². The molecule has 0 unspecified atom stereocenters. The number of likely N-dealkylation sites (N-methyl/N-ethyl adjacent to an activating group) is 1. The Labute approximate surface area is 105 Å². The fourth-order valence-electron chi connectivity index (χ4n) is 2.08. The molecule has 1 saturated heterocycles. The first-order valence-electron chi connectivity index (χ1n) is 5.81. The predicted octanol–water partition coefficient (Wildman–Crippen LogP) is 1.37. The summed E-state index contributed by atoms with van der Waals surface area (Å²) < 4.78 is 13.5. The van der Waals surface area contributed by atoms with Crippen LogP contribution in [-0.2, 0) is 4.79 Å². The van der Waals surface area contributed by atoms with Crippen molar-refractivity contribution in [3.63, 3.8) is 0 Å². The van der Waals surface area contributed by atoms with Gasteiger partial charge in [-0.3, -0.25) is 4.79 Å². The van der Waals surface area contributed by atoms with Crippen LogP contribution in [0.1, 0.15) is 12.0 Å². The third-order valence-electron chi connectivity index (χ3n) is 3.12. The van der Waals surface area contributed by atoms with Crippen molar-refractivity contribution in [2.24, 2.45) is 0 Å². The molecule has 0 aliphatic carbocycles. The van der Waals surface area contributed by atoms with E-state index in [1.807, 2.05) is 6.07 Å². The lowest BCUT2D eigenvalue weighted by molar-refractivity contribution is -0.127. The predicted molar refractivity (Wildman–Crippen MR) is 65.6 cm³/mol. The molecule has 1 aliphatic heterocycles. The van der Waals surface area contributed by atoms with E-state index in [9.17, 15) is 9.18 Å². The van der Waals surface area contributed by atoms with E-state index in [-0.39, 0.29) is 18.0 Å². The Morgan fingerprint density at radius 1 is 1.39 bits per heavy atom. The van der Waals surface area contributed by atoms with Crippen molar-refractivity contribution in [1.29, 1.82) is 5.26 Å². The van der Waals surface area contributed by atoms with Crippen LogP contribution in [0.15, 0.2) is 18.2 Å². The summed E-state index contributed by atoms with van der Waals surface area (Å²) in [4.78, 5) is 15.2. The molecular weight excluding hydrogens is 233 g/mol. The molecule has 1 aromatic rings. The minimum absolute atomic E-state index is 0.00912. The quantitative estimate of drug-likeness (QED) is 0.753. The number of nitriles is 1. The van der Waals surface area contributed by atoms with Crippen LogP contribution in [0, 0.1) is 17.1 Å². The van der Waals surface area contributed by atoms with E-state index >= 15 is 0 Å². The summed E-state index contributed by atoms with van der Waals surface area (Å²) in [7, 11) is 1.75. The molecule has 1 aliphatic rings. The maximum Gasteiger partial charge on any atom is 0.241 e. The topological polar surface area (TPSA) is 47.3 Å². The van der Waals surface area contributed by atoms with Gasteiger partial charge in [0.1, 0.15) is 17.4 Å². The van der Waals surface area contributed by atoms with Crippen LogP contribution < -0.4 is 4.90 Å². The molecule has 2 rings (SSSR count). The fraction of sp³-hybridized carbons (Fsp3) is 0.385. The Balaban J connectivity index is 2.34. The first kappa shape index (κ1) is 12.4. The minimum atomic E-state index is -0.542. The van der Waals surface area contributed by atoms with E-state index in [2.05, 4.69) is 0 Å². The number of amides is 1. The molecule has 1 amide bonds. The van der Waals surface area contributed by atoms with Crippen molar-refractivity contribution in [3.05, 3.63) is 29.6 Å². The van der Waals surface area contributed by atoms with Gasteiger partial charge in [-0.1, -0.05) is 6.07 Å². The van der Waals surface area contributed by atoms with Gasteiger partial charge in [0.25, 0.3) is 0 Å². The lowest BCUT2D eigenvalue weighted by Crippen LogP contribution is -2.34. The Morgan fingerprint density at radius 3 is 2.89 bits per heavy atom. The lowest BCUT2D eigenvalue weighted by atomic mass is 10.1. The first-order valence-corrected chi connectivity index (χ1v) is 5.81. The first-order chi connectivity index (χ1) is 8.63. The number of hydrogen-bond acceptors (Lipinski definition) is 3. The van der Waals surface area contributed by atoms with E-state index in [4.69, 9.17) is 5.26 Å². The van der Waals surface area contributed by atoms with Crippen molar-refractivity contribution in [2.75, 3.05) is 31.6 Å². The highest BCUT2D eigenvalue weighted by molar-refractivity contribution is 5.82.